The van der Waals surface area contributed by atoms with Crippen LogP contribution in [-0.4, -0.2) is 55.7 Å². The predicted molar refractivity (Wildman–Crippen MR) is 139 cm³/mol. The molecule has 0 radical (unpaired) electrons. The van der Waals surface area contributed by atoms with Crippen molar-refractivity contribution in [2.24, 2.45) is 0 Å². The molecule has 0 spiro atoms. The molecule has 11 nitrogen and oxygen atoms in total. The van der Waals surface area contributed by atoms with E-state index in [1.165, 1.54) is 13.4 Å². The Morgan fingerprint density at radius 3 is 2.86 bits per heavy atom. The van der Waals surface area contributed by atoms with Crippen LogP contribution in [0.25, 0.3) is 22.6 Å². The molecular weight excluding hydrogens is 472 g/mol. The molecule has 0 aliphatic heterocycles. The maximum atomic E-state index is 11.5. The van der Waals surface area contributed by atoms with E-state index in [-0.39, 0.29) is 12.5 Å². The highest BCUT2D eigenvalue weighted by Gasteiger charge is 2.09. The number of methoxy groups -OCH3 is 1. The Bertz CT molecular complexity index is 1600. The van der Waals surface area contributed by atoms with Crippen LogP contribution in [0.4, 0.5) is 11.5 Å². The number of rotatable bonds is 9. The van der Waals surface area contributed by atoms with Gasteiger partial charge in [-0.15, -0.1) is 10.2 Å². The number of fused-ring (bicyclic) bond motifs is 2. The van der Waals surface area contributed by atoms with Gasteiger partial charge >= 0.3 is 0 Å². The topological polar surface area (TPSA) is 128 Å². The maximum Gasteiger partial charge on any atom is 0.246 e. The van der Waals surface area contributed by atoms with Gasteiger partial charge in [0.2, 0.25) is 11.8 Å². The summed E-state index contributed by atoms with van der Waals surface area (Å²) in [5, 5.41) is 14.9. The molecule has 0 unspecified atom stereocenters. The normalized spacial score (nSPS) is 11.3. The number of ether oxygens (including phenoxy) is 2. The Morgan fingerprint density at radius 2 is 2.00 bits per heavy atom. The number of amides is 1. The molecule has 0 fully saturated rings. The average Bonchev–Trinajstić information content (AvgIpc) is 3.37. The van der Waals surface area contributed by atoms with Crippen LogP contribution < -0.4 is 15.4 Å². The van der Waals surface area contributed by atoms with Crippen LogP contribution in [0.5, 0.6) is 11.6 Å². The first-order valence-corrected chi connectivity index (χ1v) is 11.5. The lowest BCUT2D eigenvalue weighted by atomic mass is 10.1. The van der Waals surface area contributed by atoms with E-state index in [0.717, 1.165) is 27.7 Å². The number of anilines is 2. The number of carbonyl (C=O) groups excluding carboxylic acids is 1. The van der Waals surface area contributed by atoms with Gasteiger partial charge in [-0.05, 0) is 48.4 Å². The Labute approximate surface area is 212 Å². The molecule has 0 saturated carbocycles. The Balaban J connectivity index is 1.31. The van der Waals surface area contributed by atoms with Crippen molar-refractivity contribution in [3.05, 3.63) is 78.6 Å². The van der Waals surface area contributed by atoms with Crippen molar-refractivity contribution in [1.82, 2.24) is 34.9 Å². The van der Waals surface area contributed by atoms with Crippen molar-refractivity contribution in [3.8, 4) is 11.6 Å². The van der Waals surface area contributed by atoms with Crippen molar-refractivity contribution >= 4 is 40.0 Å². The number of aromatic nitrogens is 6. The maximum absolute atomic E-state index is 11.5. The van der Waals surface area contributed by atoms with Crippen molar-refractivity contribution < 1.29 is 14.3 Å². The summed E-state index contributed by atoms with van der Waals surface area (Å²) in [6.45, 7) is 2.41. The molecule has 2 aromatic carbocycles. The summed E-state index contributed by atoms with van der Waals surface area (Å²) < 4.78 is 12.5. The van der Waals surface area contributed by atoms with Gasteiger partial charge in [0.1, 0.15) is 37.2 Å². The molecule has 0 saturated heterocycles. The molecule has 5 rings (SSSR count). The number of nitrogens with one attached hydrogen (secondary N) is 2. The first-order valence-electron chi connectivity index (χ1n) is 11.5. The van der Waals surface area contributed by atoms with Gasteiger partial charge in [-0.3, -0.25) is 9.20 Å². The van der Waals surface area contributed by atoms with Gasteiger partial charge in [0.15, 0.2) is 5.65 Å². The zero-order valence-corrected chi connectivity index (χ0v) is 20.3. The van der Waals surface area contributed by atoms with Gasteiger partial charge in [0.25, 0.3) is 0 Å². The quantitative estimate of drug-likeness (QED) is 0.314. The number of hydrogen-bond donors (Lipinski definition) is 2. The molecule has 3 heterocycles. The van der Waals surface area contributed by atoms with Crippen molar-refractivity contribution in [2.75, 3.05) is 25.6 Å². The lowest BCUT2D eigenvalue weighted by Crippen LogP contribution is -2.26. The van der Waals surface area contributed by atoms with Crippen LogP contribution in [0.15, 0.2) is 67.5 Å². The highest BCUT2D eigenvalue weighted by atomic mass is 16.5. The summed E-state index contributed by atoms with van der Waals surface area (Å²) in [6, 6.07) is 13.4. The molecule has 1 amide bonds. The summed E-state index contributed by atoms with van der Waals surface area (Å²) >= 11 is 0. The second-order valence-corrected chi connectivity index (χ2v) is 8.17. The lowest BCUT2D eigenvalue weighted by Gasteiger charge is -2.12. The van der Waals surface area contributed by atoms with Gasteiger partial charge in [-0.25, -0.2) is 15.0 Å². The van der Waals surface area contributed by atoms with E-state index in [9.17, 15) is 4.79 Å². The fraction of sp³-hybridized carbons (Fsp3) is 0.154. The zero-order valence-electron chi connectivity index (χ0n) is 20.3. The fourth-order valence-corrected chi connectivity index (χ4v) is 3.68. The van der Waals surface area contributed by atoms with Crippen molar-refractivity contribution in [3.63, 3.8) is 0 Å². The summed E-state index contributed by atoms with van der Waals surface area (Å²) in [7, 11) is 1.49. The summed E-state index contributed by atoms with van der Waals surface area (Å²) in [5.41, 5.74) is 4.21. The third-order valence-corrected chi connectivity index (χ3v) is 5.48. The van der Waals surface area contributed by atoms with Gasteiger partial charge in [0.05, 0.1) is 5.52 Å². The van der Waals surface area contributed by atoms with Crippen LogP contribution in [0.3, 0.4) is 0 Å². The molecule has 0 atom stereocenters. The predicted octanol–water partition coefficient (Wildman–Crippen LogP) is 3.69. The largest absolute Gasteiger partial charge is 0.439 e. The molecule has 3 aromatic heterocycles. The van der Waals surface area contributed by atoms with Gasteiger partial charge in [0, 0.05) is 30.8 Å². The molecule has 11 heteroatoms. The van der Waals surface area contributed by atoms with Gasteiger partial charge < -0.3 is 20.1 Å². The average molecular weight is 497 g/mol. The smallest absolute Gasteiger partial charge is 0.246 e. The monoisotopic (exact) mass is 496 g/mol. The number of aryl methyl sites for hydroxylation is 1. The molecular formula is C26H24N8O3. The van der Waals surface area contributed by atoms with Gasteiger partial charge in [-0.1, -0.05) is 18.2 Å². The van der Waals surface area contributed by atoms with E-state index in [1.807, 2.05) is 55.5 Å². The standard InChI is InChI=1S/C26H24N8O3/c1-17-10-19(6-8-22(17)37-25-12-23-33-31-16-34(23)15-30-25)32-26-20-11-18(5-7-21(20)28-14-29-26)4-3-9-27-24(35)13-36-2/h3-8,10-12,14-16H,9,13H2,1-2H3,(H,27,35)(H,28,29,32)/b4-3+. The molecule has 0 aliphatic carbocycles. The van der Waals surface area contributed by atoms with Crippen LogP contribution >= 0.6 is 0 Å². The second-order valence-electron chi connectivity index (χ2n) is 8.17. The molecule has 2 N–H and O–H groups in total. The van der Waals surface area contributed by atoms with E-state index in [2.05, 4.69) is 35.8 Å². The number of benzene rings is 2. The van der Waals surface area contributed by atoms with Gasteiger partial charge in [-0.2, -0.15) is 0 Å². The summed E-state index contributed by atoms with van der Waals surface area (Å²) in [6.07, 6.45) is 8.53. The van der Waals surface area contributed by atoms with E-state index in [0.29, 0.717) is 29.6 Å². The summed E-state index contributed by atoms with van der Waals surface area (Å²) in [4.78, 5) is 24.6. The van der Waals surface area contributed by atoms with Crippen molar-refractivity contribution in [2.45, 2.75) is 6.92 Å². The van der Waals surface area contributed by atoms with E-state index >= 15 is 0 Å². The minimum Gasteiger partial charge on any atom is -0.439 e. The third-order valence-electron chi connectivity index (χ3n) is 5.48. The molecule has 5 aromatic rings. The van der Waals surface area contributed by atoms with E-state index < -0.39 is 0 Å². The van der Waals surface area contributed by atoms with E-state index in [1.54, 1.807) is 23.1 Å². The Morgan fingerprint density at radius 1 is 1.08 bits per heavy atom. The highest BCUT2D eigenvalue weighted by molar-refractivity contribution is 5.92. The number of hydrogen-bond acceptors (Lipinski definition) is 9. The third kappa shape index (κ3) is 5.68. The number of nitrogens with zero attached hydrogens (tertiary/aromatic N) is 6. The van der Waals surface area contributed by atoms with Crippen LogP contribution in [0.1, 0.15) is 11.1 Å². The lowest BCUT2D eigenvalue weighted by molar-refractivity contribution is -0.124. The first-order chi connectivity index (χ1) is 18.1. The van der Waals surface area contributed by atoms with Crippen molar-refractivity contribution in [1.29, 1.82) is 0 Å². The Kier molecular flexibility index (Phi) is 6.95. The highest BCUT2D eigenvalue weighted by Crippen LogP contribution is 2.29. The first kappa shape index (κ1) is 23.8. The minimum absolute atomic E-state index is 0.0402. The number of carbonyl (C=O) groups is 1. The van der Waals surface area contributed by atoms with Crippen LogP contribution in [0.2, 0.25) is 0 Å². The molecule has 0 aliphatic rings. The van der Waals surface area contributed by atoms with Crippen LogP contribution in [-0.2, 0) is 9.53 Å². The second kappa shape index (κ2) is 10.8. The van der Waals surface area contributed by atoms with E-state index in [4.69, 9.17) is 9.47 Å². The summed E-state index contributed by atoms with van der Waals surface area (Å²) in [5.74, 6) is 1.63. The zero-order chi connectivity index (χ0) is 25.6. The van der Waals surface area contributed by atoms with Crippen LogP contribution in [0, 0.1) is 6.92 Å². The Hall–Kier alpha value is -4.90. The molecule has 186 valence electrons. The molecule has 37 heavy (non-hydrogen) atoms. The SMILES string of the molecule is COCC(=O)NC/C=C/c1ccc2ncnc(Nc3ccc(Oc4cc5nncn5cn4)c(C)c3)c2c1. The molecule has 0 bridgehead atoms. The fourth-order valence-electron chi connectivity index (χ4n) is 3.68. The minimum atomic E-state index is -0.162.